The Hall–Kier alpha value is -2.24. The van der Waals surface area contributed by atoms with Crippen LogP contribution in [0.3, 0.4) is 0 Å². The third-order valence-electron chi connectivity index (χ3n) is 3.92. The molecule has 1 aromatic heterocycles. The van der Waals surface area contributed by atoms with Crippen molar-refractivity contribution in [2.24, 2.45) is 0 Å². The Bertz CT molecular complexity index is 905. The zero-order valence-electron chi connectivity index (χ0n) is 14.7. The molecule has 0 radical (unpaired) electrons. The van der Waals surface area contributed by atoms with Gasteiger partial charge in [0.2, 0.25) is 0 Å². The van der Waals surface area contributed by atoms with Crippen LogP contribution < -0.4 is 14.8 Å². The molecule has 0 unspecified atom stereocenters. The van der Waals surface area contributed by atoms with Gasteiger partial charge in [-0.15, -0.1) is 11.3 Å². The lowest BCUT2D eigenvalue weighted by atomic mass is 10.2. The van der Waals surface area contributed by atoms with E-state index in [1.54, 1.807) is 7.11 Å². The highest BCUT2D eigenvalue weighted by Gasteiger charge is 2.18. The number of hydrogen-bond donors (Lipinski definition) is 1. The van der Waals surface area contributed by atoms with Crippen molar-refractivity contribution >= 4 is 44.6 Å². The van der Waals surface area contributed by atoms with E-state index in [9.17, 15) is 4.79 Å². The molecule has 1 N–H and O–H groups in total. The van der Waals surface area contributed by atoms with E-state index in [2.05, 4.69) is 12.2 Å². The second-order valence-corrected chi connectivity index (χ2v) is 7.22. The van der Waals surface area contributed by atoms with Crippen LogP contribution in [0.5, 0.6) is 11.5 Å². The van der Waals surface area contributed by atoms with Gasteiger partial charge in [-0.2, -0.15) is 0 Å². The maximum absolute atomic E-state index is 12.6. The number of carbonyl (C=O) groups excluding carboxylic acids is 1. The number of fused-ring (bicyclic) bond motifs is 1. The molecule has 0 spiro atoms. The predicted octanol–water partition coefficient (Wildman–Crippen LogP) is 5.99. The largest absolute Gasteiger partial charge is 0.497 e. The van der Waals surface area contributed by atoms with Crippen molar-refractivity contribution in [3.63, 3.8) is 0 Å². The van der Waals surface area contributed by atoms with Crippen LogP contribution in [0.15, 0.2) is 42.5 Å². The first-order chi connectivity index (χ1) is 12.6. The van der Waals surface area contributed by atoms with Crippen molar-refractivity contribution in [3.05, 3.63) is 52.4 Å². The minimum absolute atomic E-state index is 0.227. The van der Waals surface area contributed by atoms with Crippen molar-refractivity contribution in [2.75, 3.05) is 19.0 Å². The Morgan fingerprint density at radius 3 is 2.58 bits per heavy atom. The molecule has 0 aliphatic rings. The summed E-state index contributed by atoms with van der Waals surface area (Å²) in [5, 5.41) is 4.15. The van der Waals surface area contributed by atoms with Gasteiger partial charge < -0.3 is 14.8 Å². The van der Waals surface area contributed by atoms with E-state index < -0.39 is 0 Å². The topological polar surface area (TPSA) is 47.6 Å². The second kappa shape index (κ2) is 8.43. The van der Waals surface area contributed by atoms with Crippen LogP contribution in [0.25, 0.3) is 10.1 Å². The molecular formula is C20H20ClNO3S. The number of nitrogens with one attached hydrogen (secondary N) is 1. The van der Waals surface area contributed by atoms with Crippen LogP contribution >= 0.6 is 22.9 Å². The third kappa shape index (κ3) is 4.11. The number of ether oxygens (including phenoxy) is 2. The summed E-state index contributed by atoms with van der Waals surface area (Å²) in [5.74, 6) is 1.28. The highest BCUT2D eigenvalue weighted by atomic mass is 35.5. The quantitative estimate of drug-likeness (QED) is 0.504. The van der Waals surface area contributed by atoms with Gasteiger partial charge in [-0.1, -0.05) is 24.9 Å². The van der Waals surface area contributed by atoms with Crippen LogP contribution in [0.1, 0.15) is 29.4 Å². The summed E-state index contributed by atoms with van der Waals surface area (Å²) in [6.07, 6.45) is 2.11. The number of methoxy groups -OCH3 is 1. The summed E-state index contributed by atoms with van der Waals surface area (Å²) >= 11 is 7.78. The standard InChI is InChI=1S/C20H20ClNO3S/c1-3-4-11-25-14-7-5-13(6-8-14)22-20(23)19-18(21)16-12-15(24-2)9-10-17(16)26-19/h5-10,12H,3-4,11H2,1-2H3,(H,22,23). The van der Waals surface area contributed by atoms with Crippen molar-refractivity contribution in [1.82, 2.24) is 0 Å². The number of unbranched alkanes of at least 4 members (excludes halogenated alkanes) is 1. The van der Waals surface area contributed by atoms with E-state index in [4.69, 9.17) is 21.1 Å². The van der Waals surface area contributed by atoms with Gasteiger partial charge in [0.1, 0.15) is 16.4 Å². The average molecular weight is 390 g/mol. The highest BCUT2D eigenvalue weighted by molar-refractivity contribution is 7.21. The lowest BCUT2D eigenvalue weighted by molar-refractivity contribution is 0.103. The number of halogens is 1. The number of amides is 1. The second-order valence-electron chi connectivity index (χ2n) is 5.79. The smallest absolute Gasteiger partial charge is 0.267 e. The van der Waals surface area contributed by atoms with Crippen LogP contribution in [0, 0.1) is 0 Å². The monoisotopic (exact) mass is 389 g/mol. The number of carbonyl (C=O) groups is 1. The van der Waals surface area contributed by atoms with E-state index in [-0.39, 0.29) is 5.91 Å². The van der Waals surface area contributed by atoms with Crippen LogP contribution in [0.4, 0.5) is 5.69 Å². The van der Waals surface area contributed by atoms with Gasteiger partial charge in [-0.3, -0.25) is 4.79 Å². The van der Waals surface area contributed by atoms with Crippen molar-refractivity contribution < 1.29 is 14.3 Å². The van der Waals surface area contributed by atoms with E-state index in [1.165, 1.54) is 11.3 Å². The number of hydrogen-bond acceptors (Lipinski definition) is 4. The van der Waals surface area contributed by atoms with Gasteiger partial charge in [-0.05, 0) is 48.9 Å². The molecule has 2 aromatic carbocycles. The first kappa shape index (κ1) is 18.5. The fraction of sp³-hybridized carbons (Fsp3) is 0.250. The zero-order chi connectivity index (χ0) is 18.5. The minimum Gasteiger partial charge on any atom is -0.497 e. The molecule has 1 heterocycles. The molecule has 26 heavy (non-hydrogen) atoms. The lowest BCUT2D eigenvalue weighted by Crippen LogP contribution is -2.10. The van der Waals surface area contributed by atoms with Crippen molar-refractivity contribution in [2.45, 2.75) is 19.8 Å². The summed E-state index contributed by atoms with van der Waals surface area (Å²) in [6.45, 7) is 2.82. The van der Waals surface area contributed by atoms with Crippen LogP contribution in [-0.4, -0.2) is 19.6 Å². The minimum atomic E-state index is -0.227. The molecule has 0 aliphatic carbocycles. The first-order valence-corrected chi connectivity index (χ1v) is 9.62. The molecule has 1 amide bonds. The normalized spacial score (nSPS) is 10.7. The number of benzene rings is 2. The molecule has 0 atom stereocenters. The maximum atomic E-state index is 12.6. The maximum Gasteiger partial charge on any atom is 0.267 e. The van der Waals surface area contributed by atoms with Crippen molar-refractivity contribution in [1.29, 1.82) is 0 Å². The summed E-state index contributed by atoms with van der Waals surface area (Å²) in [7, 11) is 1.60. The van der Waals surface area contributed by atoms with Crippen LogP contribution in [-0.2, 0) is 0 Å². The van der Waals surface area contributed by atoms with Gasteiger partial charge in [0.05, 0.1) is 18.7 Å². The summed E-state index contributed by atoms with van der Waals surface area (Å²) in [4.78, 5) is 13.1. The van der Waals surface area contributed by atoms with Gasteiger partial charge in [-0.25, -0.2) is 0 Å². The molecule has 0 saturated heterocycles. The van der Waals surface area contributed by atoms with E-state index in [0.29, 0.717) is 27.9 Å². The molecule has 3 rings (SSSR count). The Labute approximate surface area is 161 Å². The molecule has 6 heteroatoms. The number of anilines is 1. The van der Waals surface area contributed by atoms with E-state index >= 15 is 0 Å². The van der Waals surface area contributed by atoms with Crippen molar-refractivity contribution in [3.8, 4) is 11.5 Å². The molecule has 4 nitrogen and oxygen atoms in total. The predicted molar refractivity (Wildman–Crippen MR) is 108 cm³/mol. The molecule has 3 aromatic rings. The Morgan fingerprint density at radius 1 is 1.15 bits per heavy atom. The van der Waals surface area contributed by atoms with Gasteiger partial charge in [0.25, 0.3) is 5.91 Å². The summed E-state index contributed by atoms with van der Waals surface area (Å²) in [6, 6.07) is 12.9. The molecule has 0 aliphatic heterocycles. The highest BCUT2D eigenvalue weighted by Crippen LogP contribution is 2.37. The van der Waals surface area contributed by atoms with E-state index in [0.717, 1.165) is 28.7 Å². The fourth-order valence-electron chi connectivity index (χ4n) is 2.48. The summed E-state index contributed by atoms with van der Waals surface area (Å²) in [5.41, 5.74) is 0.698. The molecule has 0 bridgehead atoms. The fourth-order valence-corrected chi connectivity index (χ4v) is 3.86. The SMILES string of the molecule is CCCCOc1ccc(NC(=O)c2sc3ccc(OC)cc3c2Cl)cc1. The Balaban J connectivity index is 1.73. The molecule has 0 fully saturated rings. The third-order valence-corrected chi connectivity index (χ3v) is 5.59. The number of thiophene rings is 1. The number of rotatable bonds is 7. The lowest BCUT2D eigenvalue weighted by Gasteiger charge is -2.07. The average Bonchev–Trinajstić information content (AvgIpc) is 2.99. The van der Waals surface area contributed by atoms with Gasteiger partial charge in [0, 0.05) is 15.8 Å². The molecule has 0 saturated carbocycles. The zero-order valence-corrected chi connectivity index (χ0v) is 16.2. The molecular weight excluding hydrogens is 370 g/mol. The Morgan fingerprint density at radius 2 is 1.88 bits per heavy atom. The first-order valence-electron chi connectivity index (χ1n) is 8.42. The Kier molecular flexibility index (Phi) is 6.01. The molecule has 136 valence electrons. The van der Waals surface area contributed by atoms with Gasteiger partial charge >= 0.3 is 0 Å². The van der Waals surface area contributed by atoms with E-state index in [1.807, 2.05) is 42.5 Å². The van der Waals surface area contributed by atoms with Crippen LogP contribution in [0.2, 0.25) is 5.02 Å². The van der Waals surface area contributed by atoms with Gasteiger partial charge in [0.15, 0.2) is 0 Å². The summed E-state index contributed by atoms with van der Waals surface area (Å²) < 4.78 is 11.8.